The van der Waals surface area contributed by atoms with Crippen LogP contribution < -0.4 is 10.2 Å². The molecule has 0 aliphatic carbocycles. The van der Waals surface area contributed by atoms with Crippen molar-refractivity contribution in [3.63, 3.8) is 0 Å². The summed E-state index contributed by atoms with van der Waals surface area (Å²) in [5.41, 5.74) is 1.91. The van der Waals surface area contributed by atoms with Gasteiger partial charge in [0.1, 0.15) is 16.6 Å². The fourth-order valence-electron chi connectivity index (χ4n) is 3.81. The molecule has 0 bridgehead atoms. The topological polar surface area (TPSA) is 82.9 Å². The molecule has 3 heterocycles. The van der Waals surface area contributed by atoms with Gasteiger partial charge in [0.2, 0.25) is 5.91 Å². The maximum absolute atomic E-state index is 13.5. The molecule has 2 aromatic carbocycles. The number of carbonyl (C=O) groups is 3. The number of hydrogen-bond donors (Lipinski definition) is 1. The van der Waals surface area contributed by atoms with Crippen LogP contribution >= 0.6 is 35.6 Å². The van der Waals surface area contributed by atoms with Gasteiger partial charge in [0.05, 0.1) is 29.0 Å². The molecule has 0 radical (unpaired) electrons. The molecule has 1 N–H and O–H groups in total. The van der Waals surface area contributed by atoms with Crippen molar-refractivity contribution in [2.75, 3.05) is 16.8 Å². The second-order valence-corrected chi connectivity index (χ2v) is 9.59. The Labute approximate surface area is 209 Å². The molecule has 1 saturated heterocycles. The van der Waals surface area contributed by atoms with Crippen LogP contribution in [-0.4, -0.2) is 33.5 Å². The van der Waals surface area contributed by atoms with E-state index in [1.165, 1.54) is 16.1 Å². The number of nitrogens with zero attached hydrogens (tertiary/aromatic N) is 2. The molecule has 170 valence electrons. The number of hydrogen-bond acceptors (Lipinski definition) is 6. The fourth-order valence-corrected chi connectivity index (χ4v) is 5.33. The van der Waals surface area contributed by atoms with E-state index in [1.54, 1.807) is 60.7 Å². The van der Waals surface area contributed by atoms with E-state index < -0.39 is 11.8 Å². The van der Waals surface area contributed by atoms with Crippen LogP contribution in [0.25, 0.3) is 5.57 Å². The van der Waals surface area contributed by atoms with Crippen LogP contribution in [0.5, 0.6) is 0 Å². The Morgan fingerprint density at radius 1 is 1.03 bits per heavy atom. The van der Waals surface area contributed by atoms with Gasteiger partial charge in [-0.3, -0.25) is 24.2 Å². The molecule has 2 aliphatic rings. The number of para-hydroxylation sites is 1. The summed E-state index contributed by atoms with van der Waals surface area (Å²) < 4.78 is 5.68. The lowest BCUT2D eigenvalue weighted by Gasteiger charge is -2.17. The highest BCUT2D eigenvalue weighted by Gasteiger charge is 2.42. The number of thioether (sulfide) groups is 1. The predicted molar refractivity (Wildman–Crippen MR) is 135 cm³/mol. The molecule has 3 amide bonds. The van der Waals surface area contributed by atoms with Gasteiger partial charge in [-0.2, -0.15) is 0 Å². The molecule has 0 unspecified atom stereocenters. The van der Waals surface area contributed by atoms with Gasteiger partial charge >= 0.3 is 0 Å². The lowest BCUT2D eigenvalue weighted by atomic mass is 10.1. The highest BCUT2D eigenvalue weighted by atomic mass is 35.5. The molecule has 3 aromatic rings. The third-order valence-electron chi connectivity index (χ3n) is 5.30. The Morgan fingerprint density at radius 2 is 1.85 bits per heavy atom. The van der Waals surface area contributed by atoms with Gasteiger partial charge in [0.15, 0.2) is 0 Å². The number of anilines is 2. The number of nitrogens with one attached hydrogen (secondary N) is 1. The smallest absolute Gasteiger partial charge is 0.267 e. The zero-order valence-corrected chi connectivity index (χ0v) is 19.9. The van der Waals surface area contributed by atoms with Gasteiger partial charge in [-0.1, -0.05) is 59.8 Å². The molecule has 1 fully saturated rings. The first-order valence-electron chi connectivity index (χ1n) is 10.2. The third kappa shape index (κ3) is 4.13. The molecule has 34 heavy (non-hydrogen) atoms. The van der Waals surface area contributed by atoms with Gasteiger partial charge < -0.3 is 9.73 Å². The number of rotatable bonds is 5. The summed E-state index contributed by atoms with van der Waals surface area (Å²) in [7, 11) is 0. The third-order valence-corrected chi connectivity index (χ3v) is 6.99. The minimum absolute atomic E-state index is 0.177. The Hall–Kier alpha value is -3.40. The summed E-state index contributed by atoms with van der Waals surface area (Å²) in [6.45, 7) is -0.0470. The number of furan rings is 1. The van der Waals surface area contributed by atoms with Crippen molar-refractivity contribution in [1.29, 1.82) is 0 Å². The van der Waals surface area contributed by atoms with Gasteiger partial charge in [0, 0.05) is 16.3 Å². The average Bonchev–Trinajstić information content (AvgIpc) is 3.49. The van der Waals surface area contributed by atoms with Gasteiger partial charge in [0.25, 0.3) is 11.8 Å². The van der Waals surface area contributed by atoms with E-state index >= 15 is 0 Å². The maximum Gasteiger partial charge on any atom is 0.267 e. The van der Waals surface area contributed by atoms with Crippen molar-refractivity contribution in [3.05, 3.63) is 88.2 Å². The number of carbonyl (C=O) groups excluding carboxylic acids is 3. The van der Waals surface area contributed by atoms with Crippen LogP contribution in [0.2, 0.25) is 5.02 Å². The normalized spacial score (nSPS) is 17.5. The minimum atomic E-state index is -0.430. The van der Waals surface area contributed by atoms with E-state index in [2.05, 4.69) is 5.32 Å². The summed E-state index contributed by atoms with van der Waals surface area (Å²) >= 11 is 12.5. The van der Waals surface area contributed by atoms with Crippen LogP contribution in [0, 0.1) is 0 Å². The molecule has 2 aliphatic heterocycles. The summed E-state index contributed by atoms with van der Waals surface area (Å²) in [4.78, 5) is 42.5. The second kappa shape index (κ2) is 9.09. The average molecular weight is 510 g/mol. The molecule has 0 saturated carbocycles. The quantitative estimate of drug-likeness (QED) is 0.397. The number of benzene rings is 2. The minimum Gasteiger partial charge on any atom is -0.467 e. The first kappa shape index (κ1) is 22.4. The van der Waals surface area contributed by atoms with Gasteiger partial charge in [-0.25, -0.2) is 0 Å². The molecule has 0 atom stereocenters. The van der Waals surface area contributed by atoms with E-state index in [0.717, 1.165) is 11.8 Å². The van der Waals surface area contributed by atoms with Crippen molar-refractivity contribution in [2.45, 2.75) is 6.54 Å². The predicted octanol–water partition coefficient (Wildman–Crippen LogP) is 4.69. The number of amides is 3. The van der Waals surface area contributed by atoms with Crippen molar-refractivity contribution < 1.29 is 18.8 Å². The molecule has 5 rings (SSSR count). The first-order valence-corrected chi connectivity index (χ1v) is 11.8. The highest BCUT2D eigenvalue weighted by molar-refractivity contribution is 8.26. The van der Waals surface area contributed by atoms with Crippen LogP contribution in [0.15, 0.2) is 76.2 Å². The molecule has 0 spiro atoms. The highest BCUT2D eigenvalue weighted by Crippen LogP contribution is 2.44. The van der Waals surface area contributed by atoms with E-state index in [-0.39, 0.29) is 29.5 Å². The molecule has 1 aromatic heterocycles. The van der Waals surface area contributed by atoms with E-state index in [1.807, 2.05) is 0 Å². The Morgan fingerprint density at radius 3 is 2.62 bits per heavy atom. The SMILES string of the molecule is O=C(CN1C(=O)/C(=C2/SC(=S)N(Cc3ccco3)C2=O)c2ccccc21)Nc1cccc(Cl)c1. The summed E-state index contributed by atoms with van der Waals surface area (Å²) in [6, 6.07) is 17.3. The Bertz CT molecular complexity index is 1370. The van der Waals surface area contributed by atoms with Crippen LogP contribution in [-0.2, 0) is 20.9 Å². The fraction of sp³-hybridized carbons (Fsp3) is 0.0833. The van der Waals surface area contributed by atoms with E-state index in [0.29, 0.717) is 32.0 Å². The molecule has 7 nitrogen and oxygen atoms in total. The number of fused-ring (bicyclic) bond motifs is 1. The maximum atomic E-state index is 13.5. The van der Waals surface area contributed by atoms with E-state index in [9.17, 15) is 14.4 Å². The summed E-state index contributed by atoms with van der Waals surface area (Å²) in [6.07, 6.45) is 1.52. The molecular formula is C24H16ClN3O4S2. The monoisotopic (exact) mass is 509 g/mol. The number of thiocarbonyl (C=S) groups is 1. The van der Waals surface area contributed by atoms with Crippen LogP contribution in [0.1, 0.15) is 11.3 Å². The van der Waals surface area contributed by atoms with Crippen molar-refractivity contribution >= 4 is 74.6 Å². The molecular weight excluding hydrogens is 494 g/mol. The summed E-state index contributed by atoms with van der Waals surface area (Å²) in [5, 5.41) is 3.23. The van der Waals surface area contributed by atoms with Gasteiger partial charge in [-0.05, 0) is 36.4 Å². The second-order valence-electron chi connectivity index (χ2n) is 7.51. The van der Waals surface area contributed by atoms with E-state index in [4.69, 9.17) is 28.2 Å². The van der Waals surface area contributed by atoms with Crippen LogP contribution in [0.3, 0.4) is 0 Å². The van der Waals surface area contributed by atoms with Crippen molar-refractivity contribution in [3.8, 4) is 0 Å². The summed E-state index contributed by atoms with van der Waals surface area (Å²) in [5.74, 6) is -0.604. The van der Waals surface area contributed by atoms with Crippen molar-refractivity contribution in [1.82, 2.24) is 4.90 Å². The van der Waals surface area contributed by atoms with Crippen molar-refractivity contribution in [2.24, 2.45) is 0 Å². The lowest BCUT2D eigenvalue weighted by molar-refractivity contribution is -0.123. The molecule has 10 heteroatoms. The Balaban J connectivity index is 1.44. The zero-order chi connectivity index (χ0) is 23.8. The lowest BCUT2D eigenvalue weighted by Crippen LogP contribution is -2.35. The number of halogens is 1. The Kier molecular flexibility index (Phi) is 5.99. The zero-order valence-electron chi connectivity index (χ0n) is 17.5. The van der Waals surface area contributed by atoms with Crippen LogP contribution in [0.4, 0.5) is 11.4 Å². The largest absolute Gasteiger partial charge is 0.467 e. The first-order chi connectivity index (χ1) is 16.4. The van der Waals surface area contributed by atoms with Gasteiger partial charge in [-0.15, -0.1) is 0 Å². The standard InChI is InChI=1S/C24H16ClN3O4S2/c25-14-5-3-6-15(11-14)26-19(29)13-27-18-9-2-1-8-17(18)20(22(27)30)21-23(31)28(24(33)34-21)12-16-7-4-10-32-16/h1-11H,12-13H2,(H,26,29)/b21-20+.